The van der Waals surface area contributed by atoms with Crippen molar-refractivity contribution in [2.24, 2.45) is 0 Å². The predicted molar refractivity (Wildman–Crippen MR) is 69.2 cm³/mol. The molecule has 0 aliphatic rings. The lowest BCUT2D eigenvalue weighted by atomic mass is 10.1. The molecule has 0 bridgehead atoms. The van der Waals surface area contributed by atoms with E-state index in [1.54, 1.807) is 36.2 Å². The Labute approximate surface area is 102 Å². The first kappa shape index (κ1) is 13.1. The number of nitrogen functional groups attached to an aromatic ring is 1. The van der Waals surface area contributed by atoms with Gasteiger partial charge in [-0.2, -0.15) is 0 Å². The molecule has 4 heteroatoms. The van der Waals surface area contributed by atoms with E-state index in [4.69, 9.17) is 10.5 Å². The maximum absolute atomic E-state index is 12.1. The molecule has 0 aliphatic carbocycles. The van der Waals surface area contributed by atoms with Crippen LogP contribution >= 0.6 is 0 Å². The van der Waals surface area contributed by atoms with Gasteiger partial charge in [-0.25, -0.2) is 0 Å². The van der Waals surface area contributed by atoms with Gasteiger partial charge in [-0.1, -0.05) is 12.1 Å². The van der Waals surface area contributed by atoms with Gasteiger partial charge in [0.05, 0.1) is 18.4 Å². The molecule has 0 saturated carbocycles. The summed E-state index contributed by atoms with van der Waals surface area (Å²) in [5, 5.41) is 0. The molecule has 0 radical (unpaired) electrons. The average molecular weight is 234 g/mol. The predicted octanol–water partition coefficient (Wildman–Crippen LogP) is 1.93. The van der Waals surface area contributed by atoms with Crippen molar-refractivity contribution in [1.29, 1.82) is 0 Å². The molecular weight excluding hydrogens is 216 g/mol. The largest absolute Gasteiger partial charge is 0.495 e. The highest BCUT2D eigenvalue weighted by Crippen LogP contribution is 2.25. The molecule has 2 N–H and O–H groups in total. The van der Waals surface area contributed by atoms with E-state index in [0.717, 1.165) is 6.42 Å². The van der Waals surface area contributed by atoms with Crippen LogP contribution in [0.5, 0.6) is 5.75 Å². The smallest absolute Gasteiger partial charge is 0.255 e. The Bertz CT molecular complexity index is 416. The van der Waals surface area contributed by atoms with E-state index < -0.39 is 0 Å². The van der Waals surface area contributed by atoms with Crippen LogP contribution in [0, 0.1) is 0 Å². The first-order valence-corrected chi connectivity index (χ1v) is 5.40. The summed E-state index contributed by atoms with van der Waals surface area (Å²) >= 11 is 0. The van der Waals surface area contributed by atoms with Gasteiger partial charge >= 0.3 is 0 Å². The molecule has 0 aliphatic heterocycles. The van der Waals surface area contributed by atoms with Crippen molar-refractivity contribution >= 4 is 11.6 Å². The van der Waals surface area contributed by atoms with Gasteiger partial charge in [-0.05, 0) is 18.6 Å². The van der Waals surface area contributed by atoms with Gasteiger partial charge in [-0.3, -0.25) is 4.79 Å². The van der Waals surface area contributed by atoms with Crippen LogP contribution in [-0.2, 0) is 0 Å². The zero-order valence-electron chi connectivity index (χ0n) is 10.3. The number of carbonyl (C=O) groups is 1. The topological polar surface area (TPSA) is 55.6 Å². The van der Waals surface area contributed by atoms with E-state index in [-0.39, 0.29) is 5.91 Å². The first-order valence-electron chi connectivity index (χ1n) is 5.40. The summed E-state index contributed by atoms with van der Waals surface area (Å²) in [4.78, 5) is 13.7. The fraction of sp³-hybridized carbons (Fsp3) is 0.308. The molecule has 0 atom stereocenters. The monoisotopic (exact) mass is 234 g/mol. The Morgan fingerprint density at radius 2 is 2.29 bits per heavy atom. The minimum Gasteiger partial charge on any atom is -0.495 e. The van der Waals surface area contributed by atoms with Crippen LogP contribution in [0.2, 0.25) is 0 Å². The number of para-hydroxylation sites is 1. The van der Waals surface area contributed by atoms with Crippen LogP contribution in [0.15, 0.2) is 30.9 Å². The number of nitrogens with two attached hydrogens (primary N) is 1. The Morgan fingerprint density at radius 3 is 2.88 bits per heavy atom. The number of ether oxygens (including phenoxy) is 1. The molecule has 92 valence electrons. The second-order valence-corrected chi connectivity index (χ2v) is 3.73. The summed E-state index contributed by atoms with van der Waals surface area (Å²) in [6.07, 6.45) is 2.53. The Balaban J connectivity index is 2.92. The summed E-state index contributed by atoms with van der Waals surface area (Å²) in [5.41, 5.74) is 6.72. The maximum atomic E-state index is 12.1. The van der Waals surface area contributed by atoms with E-state index >= 15 is 0 Å². The number of hydrogen-bond donors (Lipinski definition) is 1. The number of carbonyl (C=O) groups excluding carboxylic acids is 1. The fourth-order valence-corrected chi connectivity index (χ4v) is 1.50. The van der Waals surface area contributed by atoms with Crippen molar-refractivity contribution in [3.8, 4) is 5.75 Å². The van der Waals surface area contributed by atoms with Crippen LogP contribution in [-0.4, -0.2) is 31.5 Å². The number of nitrogens with zero attached hydrogens (tertiary/aromatic N) is 1. The molecule has 1 amide bonds. The second kappa shape index (κ2) is 5.94. The summed E-state index contributed by atoms with van der Waals surface area (Å²) in [6.45, 7) is 4.25. The molecule has 17 heavy (non-hydrogen) atoms. The van der Waals surface area contributed by atoms with Gasteiger partial charge in [0.15, 0.2) is 0 Å². The second-order valence-electron chi connectivity index (χ2n) is 3.73. The molecule has 0 unspecified atom stereocenters. The van der Waals surface area contributed by atoms with Crippen LogP contribution in [0.4, 0.5) is 5.69 Å². The van der Waals surface area contributed by atoms with Crippen molar-refractivity contribution in [3.63, 3.8) is 0 Å². The van der Waals surface area contributed by atoms with Crippen LogP contribution in [0.25, 0.3) is 0 Å². The summed E-state index contributed by atoms with van der Waals surface area (Å²) in [7, 11) is 3.27. The zero-order valence-corrected chi connectivity index (χ0v) is 10.3. The van der Waals surface area contributed by atoms with E-state index in [2.05, 4.69) is 6.58 Å². The van der Waals surface area contributed by atoms with E-state index in [0.29, 0.717) is 23.5 Å². The number of amides is 1. The molecule has 1 aromatic carbocycles. The highest BCUT2D eigenvalue weighted by Gasteiger charge is 2.16. The van der Waals surface area contributed by atoms with Crippen LogP contribution < -0.4 is 10.5 Å². The van der Waals surface area contributed by atoms with E-state index in [1.165, 1.54) is 7.11 Å². The maximum Gasteiger partial charge on any atom is 0.255 e. The molecule has 0 fully saturated rings. The third-order valence-electron chi connectivity index (χ3n) is 2.53. The Hall–Kier alpha value is -1.97. The normalized spacial score (nSPS) is 9.76. The first-order chi connectivity index (χ1) is 8.11. The van der Waals surface area contributed by atoms with Gasteiger partial charge in [0.1, 0.15) is 5.75 Å². The van der Waals surface area contributed by atoms with Crippen molar-refractivity contribution in [3.05, 3.63) is 36.4 Å². The van der Waals surface area contributed by atoms with Gasteiger partial charge in [0.2, 0.25) is 0 Å². The van der Waals surface area contributed by atoms with E-state index in [9.17, 15) is 4.79 Å². The zero-order chi connectivity index (χ0) is 12.8. The standard InChI is InChI=1S/C13H18N2O2/c1-4-5-9-15(2)13(16)10-7-6-8-11(17-3)12(10)14/h4,6-8H,1,5,9,14H2,2-3H3. The third-order valence-corrected chi connectivity index (χ3v) is 2.53. The van der Waals surface area contributed by atoms with Gasteiger partial charge in [0, 0.05) is 13.6 Å². The highest BCUT2D eigenvalue weighted by atomic mass is 16.5. The Morgan fingerprint density at radius 1 is 1.59 bits per heavy atom. The average Bonchev–Trinajstić information content (AvgIpc) is 2.35. The minimum absolute atomic E-state index is 0.108. The number of rotatable bonds is 5. The molecule has 0 heterocycles. The molecule has 1 aromatic rings. The summed E-state index contributed by atoms with van der Waals surface area (Å²) < 4.78 is 5.08. The highest BCUT2D eigenvalue weighted by molar-refractivity contribution is 6.00. The van der Waals surface area contributed by atoms with Crippen LogP contribution in [0.1, 0.15) is 16.8 Å². The van der Waals surface area contributed by atoms with Crippen molar-refractivity contribution in [2.45, 2.75) is 6.42 Å². The fourth-order valence-electron chi connectivity index (χ4n) is 1.50. The quantitative estimate of drug-likeness (QED) is 0.625. The third kappa shape index (κ3) is 3.00. The van der Waals surface area contributed by atoms with Gasteiger partial charge < -0.3 is 15.4 Å². The van der Waals surface area contributed by atoms with Gasteiger partial charge in [-0.15, -0.1) is 6.58 Å². The molecule has 0 saturated heterocycles. The lowest BCUT2D eigenvalue weighted by molar-refractivity contribution is 0.0798. The van der Waals surface area contributed by atoms with Crippen molar-refractivity contribution in [2.75, 3.05) is 26.4 Å². The number of anilines is 1. The Kier molecular flexibility index (Phi) is 4.57. The molecule has 4 nitrogen and oxygen atoms in total. The molecule has 1 rings (SSSR count). The van der Waals surface area contributed by atoms with Gasteiger partial charge in [0.25, 0.3) is 5.91 Å². The molecule has 0 spiro atoms. The lowest BCUT2D eigenvalue weighted by Gasteiger charge is -2.18. The molecular formula is C13H18N2O2. The van der Waals surface area contributed by atoms with Crippen molar-refractivity contribution in [1.82, 2.24) is 4.90 Å². The van der Waals surface area contributed by atoms with Crippen molar-refractivity contribution < 1.29 is 9.53 Å². The van der Waals surface area contributed by atoms with E-state index in [1.807, 2.05) is 0 Å². The summed E-state index contributed by atoms with van der Waals surface area (Å²) in [5.74, 6) is 0.413. The lowest BCUT2D eigenvalue weighted by Crippen LogP contribution is -2.28. The van der Waals surface area contributed by atoms with Crippen LogP contribution in [0.3, 0.4) is 0 Å². The number of methoxy groups -OCH3 is 1. The minimum atomic E-state index is -0.108. The SMILES string of the molecule is C=CCCN(C)C(=O)c1cccc(OC)c1N. The number of hydrogen-bond acceptors (Lipinski definition) is 3. The number of benzene rings is 1. The summed E-state index contributed by atoms with van der Waals surface area (Å²) in [6, 6.07) is 5.18. The molecule has 0 aromatic heterocycles.